The molecule has 0 N–H and O–H groups in total. The van der Waals surface area contributed by atoms with Gasteiger partial charge in [-0.2, -0.15) is 0 Å². The summed E-state index contributed by atoms with van der Waals surface area (Å²) in [6.07, 6.45) is 0.192. The van der Waals surface area contributed by atoms with Crippen LogP contribution in [0.5, 0.6) is 0 Å². The third kappa shape index (κ3) is 2.42. The van der Waals surface area contributed by atoms with Crippen LogP contribution in [0.1, 0.15) is 19.4 Å². The number of hydrogen-bond acceptors (Lipinski definition) is 1. The summed E-state index contributed by atoms with van der Waals surface area (Å²) in [5.41, 5.74) is 1.05. The standard InChI is InChI=1S/C11H14O/c1-9(2)12-10(3)11-7-5-4-6-8-11/h4-9H,3H2,1-2H3. The van der Waals surface area contributed by atoms with Crippen molar-refractivity contribution in [1.82, 2.24) is 0 Å². The summed E-state index contributed by atoms with van der Waals surface area (Å²) in [4.78, 5) is 0. The van der Waals surface area contributed by atoms with Gasteiger partial charge >= 0.3 is 0 Å². The predicted molar refractivity (Wildman–Crippen MR) is 51.7 cm³/mol. The number of benzene rings is 1. The Bertz CT molecular complexity index is 249. The van der Waals surface area contributed by atoms with Crippen molar-refractivity contribution in [3.63, 3.8) is 0 Å². The molecule has 0 aliphatic heterocycles. The van der Waals surface area contributed by atoms with E-state index in [0.717, 1.165) is 11.3 Å². The second-order valence-corrected chi connectivity index (χ2v) is 2.96. The first-order chi connectivity index (χ1) is 5.70. The Hall–Kier alpha value is -1.24. The van der Waals surface area contributed by atoms with Gasteiger partial charge in [0.05, 0.1) is 6.10 Å². The van der Waals surface area contributed by atoms with E-state index in [1.807, 2.05) is 44.2 Å². The highest BCUT2D eigenvalue weighted by Crippen LogP contribution is 2.14. The molecule has 64 valence electrons. The van der Waals surface area contributed by atoms with Crippen molar-refractivity contribution in [2.45, 2.75) is 20.0 Å². The molecule has 0 aliphatic carbocycles. The summed E-state index contributed by atoms with van der Waals surface area (Å²) >= 11 is 0. The maximum absolute atomic E-state index is 5.44. The average molecular weight is 162 g/mol. The zero-order valence-electron chi connectivity index (χ0n) is 7.58. The molecule has 0 aromatic heterocycles. The van der Waals surface area contributed by atoms with Crippen molar-refractivity contribution in [3.8, 4) is 0 Å². The van der Waals surface area contributed by atoms with Crippen molar-refractivity contribution in [1.29, 1.82) is 0 Å². The fourth-order valence-electron chi connectivity index (χ4n) is 0.977. The molecular formula is C11H14O. The van der Waals surface area contributed by atoms with Crippen LogP contribution in [0.2, 0.25) is 0 Å². The lowest BCUT2D eigenvalue weighted by Crippen LogP contribution is -2.00. The highest BCUT2D eigenvalue weighted by Gasteiger charge is 1.99. The van der Waals surface area contributed by atoms with Crippen LogP contribution in [0.4, 0.5) is 0 Å². The van der Waals surface area contributed by atoms with Crippen LogP contribution in [-0.2, 0) is 4.74 Å². The SMILES string of the molecule is C=C(OC(C)C)c1ccccc1. The third-order valence-electron chi connectivity index (χ3n) is 1.47. The van der Waals surface area contributed by atoms with Crippen LogP contribution in [0, 0.1) is 0 Å². The van der Waals surface area contributed by atoms with Gasteiger partial charge in [-0.15, -0.1) is 0 Å². The Morgan fingerprint density at radius 2 is 1.83 bits per heavy atom. The first kappa shape index (κ1) is 8.85. The fourth-order valence-corrected chi connectivity index (χ4v) is 0.977. The van der Waals surface area contributed by atoms with Gasteiger partial charge < -0.3 is 4.74 Å². The number of ether oxygens (including phenoxy) is 1. The maximum Gasteiger partial charge on any atom is 0.119 e. The molecule has 1 rings (SSSR count). The molecule has 0 spiro atoms. The Labute approximate surface area is 73.7 Å². The van der Waals surface area contributed by atoms with Crippen molar-refractivity contribution in [2.24, 2.45) is 0 Å². The highest BCUT2D eigenvalue weighted by molar-refractivity contribution is 5.56. The smallest absolute Gasteiger partial charge is 0.119 e. The molecule has 0 bridgehead atoms. The second kappa shape index (κ2) is 3.96. The average Bonchev–Trinajstić information content (AvgIpc) is 2.05. The lowest BCUT2D eigenvalue weighted by atomic mass is 10.2. The van der Waals surface area contributed by atoms with Gasteiger partial charge in [-0.25, -0.2) is 0 Å². The van der Waals surface area contributed by atoms with Gasteiger partial charge in [0.25, 0.3) is 0 Å². The lowest BCUT2D eigenvalue weighted by molar-refractivity contribution is 0.205. The van der Waals surface area contributed by atoms with E-state index in [1.54, 1.807) is 0 Å². The van der Waals surface area contributed by atoms with E-state index in [9.17, 15) is 0 Å². The van der Waals surface area contributed by atoms with E-state index in [0.29, 0.717) is 0 Å². The molecule has 0 fully saturated rings. The minimum absolute atomic E-state index is 0.192. The molecule has 12 heavy (non-hydrogen) atoms. The predicted octanol–water partition coefficient (Wildman–Crippen LogP) is 3.08. The maximum atomic E-state index is 5.44. The van der Waals surface area contributed by atoms with Gasteiger partial charge in [-0.1, -0.05) is 36.9 Å². The molecule has 1 nitrogen and oxygen atoms in total. The molecule has 1 aromatic rings. The Balaban J connectivity index is 2.66. The fraction of sp³-hybridized carbons (Fsp3) is 0.273. The minimum Gasteiger partial charge on any atom is -0.491 e. The van der Waals surface area contributed by atoms with Crippen LogP contribution in [0.3, 0.4) is 0 Å². The summed E-state index contributed by atoms with van der Waals surface area (Å²) in [5.74, 6) is 0.741. The zero-order chi connectivity index (χ0) is 8.97. The van der Waals surface area contributed by atoms with E-state index >= 15 is 0 Å². The molecule has 0 saturated heterocycles. The summed E-state index contributed by atoms with van der Waals surface area (Å²) in [7, 11) is 0. The highest BCUT2D eigenvalue weighted by atomic mass is 16.5. The molecule has 0 aliphatic rings. The summed E-state index contributed by atoms with van der Waals surface area (Å²) in [6.45, 7) is 7.83. The topological polar surface area (TPSA) is 9.23 Å². The van der Waals surface area contributed by atoms with Gasteiger partial charge in [0.2, 0.25) is 0 Å². The molecule has 0 saturated carbocycles. The molecule has 0 unspecified atom stereocenters. The first-order valence-corrected chi connectivity index (χ1v) is 4.11. The lowest BCUT2D eigenvalue weighted by Gasteiger charge is -2.11. The van der Waals surface area contributed by atoms with Gasteiger partial charge in [0, 0.05) is 5.56 Å². The summed E-state index contributed by atoms with van der Waals surface area (Å²) in [6, 6.07) is 9.91. The van der Waals surface area contributed by atoms with Crippen molar-refractivity contribution < 1.29 is 4.74 Å². The van der Waals surface area contributed by atoms with Gasteiger partial charge in [0.1, 0.15) is 5.76 Å². The zero-order valence-corrected chi connectivity index (χ0v) is 7.58. The van der Waals surface area contributed by atoms with E-state index in [4.69, 9.17) is 4.74 Å². The summed E-state index contributed by atoms with van der Waals surface area (Å²) in [5, 5.41) is 0. The summed E-state index contributed by atoms with van der Waals surface area (Å²) < 4.78 is 5.44. The van der Waals surface area contributed by atoms with Gasteiger partial charge in [-0.05, 0) is 13.8 Å². The Morgan fingerprint density at radius 1 is 1.25 bits per heavy atom. The number of rotatable bonds is 3. The van der Waals surface area contributed by atoms with Crippen LogP contribution < -0.4 is 0 Å². The quantitative estimate of drug-likeness (QED) is 0.620. The van der Waals surface area contributed by atoms with E-state index in [2.05, 4.69) is 6.58 Å². The monoisotopic (exact) mass is 162 g/mol. The molecule has 0 atom stereocenters. The Morgan fingerprint density at radius 3 is 2.33 bits per heavy atom. The van der Waals surface area contributed by atoms with E-state index < -0.39 is 0 Å². The number of hydrogen-bond donors (Lipinski definition) is 0. The molecule has 0 amide bonds. The van der Waals surface area contributed by atoms with Crippen molar-refractivity contribution >= 4 is 5.76 Å². The van der Waals surface area contributed by atoms with Crippen molar-refractivity contribution in [3.05, 3.63) is 42.5 Å². The van der Waals surface area contributed by atoms with Crippen LogP contribution in [-0.4, -0.2) is 6.10 Å². The van der Waals surface area contributed by atoms with Crippen LogP contribution >= 0.6 is 0 Å². The third-order valence-corrected chi connectivity index (χ3v) is 1.47. The van der Waals surface area contributed by atoms with E-state index in [-0.39, 0.29) is 6.10 Å². The minimum atomic E-state index is 0.192. The normalized spacial score (nSPS) is 9.92. The van der Waals surface area contributed by atoms with E-state index in [1.165, 1.54) is 0 Å². The molecule has 0 heterocycles. The molecular weight excluding hydrogens is 148 g/mol. The largest absolute Gasteiger partial charge is 0.491 e. The Kier molecular flexibility index (Phi) is 2.92. The van der Waals surface area contributed by atoms with Crippen LogP contribution in [0.15, 0.2) is 36.9 Å². The molecule has 1 heteroatoms. The van der Waals surface area contributed by atoms with Crippen molar-refractivity contribution in [2.75, 3.05) is 0 Å². The van der Waals surface area contributed by atoms with Gasteiger partial charge in [0.15, 0.2) is 0 Å². The molecule has 1 aromatic carbocycles. The molecule has 0 radical (unpaired) electrons. The van der Waals surface area contributed by atoms with Gasteiger partial charge in [-0.3, -0.25) is 0 Å². The van der Waals surface area contributed by atoms with Crippen LogP contribution in [0.25, 0.3) is 5.76 Å². The second-order valence-electron chi connectivity index (χ2n) is 2.96. The first-order valence-electron chi connectivity index (χ1n) is 4.11.